The third-order valence-corrected chi connectivity index (χ3v) is 7.74. The smallest absolute Gasteiger partial charge is 0.275 e. The molecule has 1 aromatic carbocycles. The van der Waals surface area contributed by atoms with E-state index in [4.69, 9.17) is 0 Å². The number of carbonyl (C=O) groups is 1. The van der Waals surface area contributed by atoms with Crippen LogP contribution in [0.5, 0.6) is 0 Å². The summed E-state index contributed by atoms with van der Waals surface area (Å²) in [6.07, 6.45) is 5.33. The van der Waals surface area contributed by atoms with E-state index in [0.717, 1.165) is 30.6 Å². The Bertz CT molecular complexity index is 784. The highest BCUT2D eigenvalue weighted by Gasteiger charge is 2.31. The number of amides is 1. The number of sulfonamides is 1. The van der Waals surface area contributed by atoms with Gasteiger partial charge >= 0.3 is 0 Å². The zero-order valence-corrected chi connectivity index (χ0v) is 18.0. The maximum absolute atomic E-state index is 13.0. The number of benzene rings is 1. The Morgan fingerprint density at radius 1 is 1.14 bits per heavy atom. The van der Waals surface area contributed by atoms with E-state index in [0.29, 0.717) is 50.1 Å². The number of carbonyl (C=O) groups excluding carboxylic acids is 1. The van der Waals surface area contributed by atoms with E-state index in [-0.39, 0.29) is 5.91 Å². The molecule has 0 bridgehead atoms. The van der Waals surface area contributed by atoms with Gasteiger partial charge in [-0.3, -0.25) is 4.79 Å². The number of nitrogens with one attached hydrogen (secondary N) is 2. The summed E-state index contributed by atoms with van der Waals surface area (Å²) in [5.41, 5.74) is 2.48. The molecule has 156 valence electrons. The second-order valence-corrected chi connectivity index (χ2v) is 10.4. The van der Waals surface area contributed by atoms with Crippen molar-refractivity contribution in [2.45, 2.75) is 50.8 Å². The monoisotopic (exact) mass is 408 g/mol. The van der Waals surface area contributed by atoms with E-state index in [9.17, 15) is 13.2 Å². The minimum absolute atomic E-state index is 0.0571. The number of aryl methyl sites for hydroxylation is 2. The fourth-order valence-electron chi connectivity index (χ4n) is 4.03. The zero-order chi connectivity index (χ0) is 20.1. The second-order valence-electron chi connectivity index (χ2n) is 8.50. The second kappa shape index (κ2) is 9.37. The third kappa shape index (κ3) is 5.33. The topological polar surface area (TPSA) is 70.9 Å². The first kappa shape index (κ1) is 21.3. The van der Waals surface area contributed by atoms with Gasteiger partial charge in [0.1, 0.15) is 0 Å². The molecule has 0 radical (unpaired) electrons. The third-order valence-electron chi connectivity index (χ3n) is 5.84. The number of hydrogen-bond donors (Lipinski definition) is 2. The van der Waals surface area contributed by atoms with Gasteiger partial charge in [-0.2, -0.15) is 4.31 Å². The van der Waals surface area contributed by atoms with Gasteiger partial charge in [-0.15, -0.1) is 0 Å². The Hall–Kier alpha value is -1.44. The van der Waals surface area contributed by atoms with Gasteiger partial charge in [0.15, 0.2) is 6.54 Å². The first-order valence-electron chi connectivity index (χ1n) is 10.6. The van der Waals surface area contributed by atoms with Crippen LogP contribution in [0.4, 0.5) is 0 Å². The largest absolute Gasteiger partial charge is 0.351 e. The van der Waals surface area contributed by atoms with Crippen molar-refractivity contribution in [3.63, 3.8) is 0 Å². The molecule has 2 N–H and O–H groups in total. The molecule has 1 amide bonds. The molecule has 7 heteroatoms. The maximum Gasteiger partial charge on any atom is 0.275 e. The van der Waals surface area contributed by atoms with Crippen molar-refractivity contribution in [1.82, 2.24) is 9.62 Å². The average molecular weight is 409 g/mol. The highest BCUT2D eigenvalue weighted by Crippen LogP contribution is 2.25. The molecule has 1 heterocycles. The minimum Gasteiger partial charge on any atom is -0.351 e. The lowest BCUT2D eigenvalue weighted by Gasteiger charge is -2.31. The quantitative estimate of drug-likeness (QED) is 0.695. The molecule has 1 aliphatic heterocycles. The van der Waals surface area contributed by atoms with Gasteiger partial charge in [0.05, 0.1) is 31.1 Å². The standard InChI is InChI=1S/C21H33N3O3S/c1-17(2)9-10-22-21(25)16-23-11-13-24(14-12-23)28(26,27)20-8-7-18-5-3-4-6-19(18)15-20/h7-8,15,17H,3-6,9-14,16H2,1-2H3,(H,22,25)/p+1. The molecular formula is C21H34N3O3S+. The first-order chi connectivity index (χ1) is 13.4. The van der Waals surface area contributed by atoms with Crippen molar-refractivity contribution in [2.24, 2.45) is 5.92 Å². The minimum atomic E-state index is -3.45. The van der Waals surface area contributed by atoms with Crippen molar-refractivity contribution in [2.75, 3.05) is 39.3 Å². The number of piperazine rings is 1. The van der Waals surface area contributed by atoms with Crippen molar-refractivity contribution in [3.8, 4) is 0 Å². The molecule has 0 spiro atoms. The summed E-state index contributed by atoms with van der Waals surface area (Å²) in [4.78, 5) is 13.6. The van der Waals surface area contributed by atoms with Gasteiger partial charge in [0.2, 0.25) is 10.0 Å². The molecule has 0 unspecified atom stereocenters. The van der Waals surface area contributed by atoms with E-state index in [2.05, 4.69) is 19.2 Å². The SMILES string of the molecule is CC(C)CCNC(=O)C[NH+]1CCN(S(=O)(=O)c2ccc3c(c2)CCCC3)CC1. The van der Waals surface area contributed by atoms with Crippen LogP contribution in [-0.4, -0.2) is 57.9 Å². The summed E-state index contributed by atoms with van der Waals surface area (Å²) in [5, 5.41) is 2.97. The van der Waals surface area contributed by atoms with Gasteiger partial charge in [-0.25, -0.2) is 8.42 Å². The number of fused-ring (bicyclic) bond motifs is 1. The van der Waals surface area contributed by atoms with E-state index < -0.39 is 10.0 Å². The van der Waals surface area contributed by atoms with Crippen LogP contribution < -0.4 is 10.2 Å². The van der Waals surface area contributed by atoms with E-state index in [1.807, 2.05) is 12.1 Å². The Morgan fingerprint density at radius 2 is 1.82 bits per heavy atom. The van der Waals surface area contributed by atoms with Gasteiger partial charge in [-0.05, 0) is 61.3 Å². The zero-order valence-electron chi connectivity index (χ0n) is 17.2. The molecule has 1 aromatic rings. The van der Waals surface area contributed by atoms with Crippen LogP contribution in [-0.2, 0) is 27.7 Å². The summed E-state index contributed by atoms with van der Waals surface area (Å²) in [5.74, 6) is 0.631. The van der Waals surface area contributed by atoms with Crippen LogP contribution in [0.3, 0.4) is 0 Å². The lowest BCUT2D eigenvalue weighted by molar-refractivity contribution is -0.895. The van der Waals surface area contributed by atoms with Gasteiger partial charge in [0, 0.05) is 6.54 Å². The van der Waals surface area contributed by atoms with Crippen LogP contribution >= 0.6 is 0 Å². The van der Waals surface area contributed by atoms with E-state index in [1.165, 1.54) is 17.5 Å². The molecule has 1 saturated heterocycles. The molecule has 28 heavy (non-hydrogen) atoms. The molecule has 1 aliphatic carbocycles. The maximum atomic E-state index is 13.0. The van der Waals surface area contributed by atoms with Gasteiger partial charge < -0.3 is 10.2 Å². The fourth-order valence-corrected chi connectivity index (χ4v) is 5.52. The van der Waals surface area contributed by atoms with E-state index in [1.54, 1.807) is 10.4 Å². The van der Waals surface area contributed by atoms with Crippen molar-refractivity contribution >= 4 is 15.9 Å². The molecule has 1 fully saturated rings. The van der Waals surface area contributed by atoms with Crippen LogP contribution in [0.25, 0.3) is 0 Å². The van der Waals surface area contributed by atoms with Crippen LogP contribution in [0.2, 0.25) is 0 Å². The lowest BCUT2D eigenvalue weighted by Crippen LogP contribution is -3.15. The van der Waals surface area contributed by atoms with Gasteiger partial charge in [-0.1, -0.05) is 19.9 Å². The summed E-state index contributed by atoms with van der Waals surface area (Å²) in [6.45, 7) is 7.68. The van der Waals surface area contributed by atoms with Crippen molar-refractivity contribution in [1.29, 1.82) is 0 Å². The van der Waals surface area contributed by atoms with Gasteiger partial charge in [0.25, 0.3) is 5.91 Å². The molecule has 0 aromatic heterocycles. The highest BCUT2D eigenvalue weighted by molar-refractivity contribution is 7.89. The number of nitrogens with zero attached hydrogens (tertiary/aromatic N) is 1. The molecular weight excluding hydrogens is 374 g/mol. The lowest BCUT2D eigenvalue weighted by atomic mass is 9.92. The first-order valence-corrected chi connectivity index (χ1v) is 12.0. The summed E-state index contributed by atoms with van der Waals surface area (Å²) >= 11 is 0. The van der Waals surface area contributed by atoms with Crippen LogP contribution in [0.1, 0.15) is 44.2 Å². The predicted octanol–water partition coefficient (Wildman–Crippen LogP) is 0.617. The predicted molar refractivity (Wildman–Crippen MR) is 110 cm³/mol. The molecule has 0 atom stereocenters. The highest BCUT2D eigenvalue weighted by atomic mass is 32.2. The van der Waals surface area contributed by atoms with Crippen molar-refractivity contribution in [3.05, 3.63) is 29.3 Å². The van der Waals surface area contributed by atoms with Crippen LogP contribution in [0, 0.1) is 5.92 Å². The number of rotatable bonds is 7. The summed E-state index contributed by atoms with van der Waals surface area (Å²) in [6, 6.07) is 5.64. The Balaban J connectivity index is 1.53. The Labute approximate surface area is 169 Å². The van der Waals surface area contributed by atoms with E-state index >= 15 is 0 Å². The molecule has 3 rings (SSSR count). The average Bonchev–Trinajstić information content (AvgIpc) is 2.67. The summed E-state index contributed by atoms with van der Waals surface area (Å²) < 4.78 is 27.7. The number of quaternary nitrogens is 1. The van der Waals surface area contributed by atoms with Crippen molar-refractivity contribution < 1.29 is 18.1 Å². The van der Waals surface area contributed by atoms with Crippen LogP contribution in [0.15, 0.2) is 23.1 Å². The molecule has 2 aliphatic rings. The Kier molecular flexibility index (Phi) is 7.12. The fraction of sp³-hybridized carbons (Fsp3) is 0.667. The summed E-state index contributed by atoms with van der Waals surface area (Å²) in [7, 11) is -3.45. The Morgan fingerprint density at radius 3 is 2.50 bits per heavy atom. The number of hydrogen-bond acceptors (Lipinski definition) is 3. The molecule has 6 nitrogen and oxygen atoms in total. The molecule has 0 saturated carbocycles. The normalized spacial score (nSPS) is 18.8.